The largest absolute Gasteiger partial charge is 0.353 e. The number of hydrogen-bond acceptors (Lipinski definition) is 3. The summed E-state index contributed by atoms with van der Waals surface area (Å²) in [6.45, 7) is 2.01. The zero-order chi connectivity index (χ0) is 21.3. The monoisotopic (exact) mass is 449 g/mol. The third-order valence-corrected chi connectivity index (χ3v) is 6.15. The Hall–Kier alpha value is -1.59. The molecule has 1 heterocycles. The van der Waals surface area contributed by atoms with Crippen LogP contribution in [0.4, 0.5) is 0 Å². The number of carbonyl (C=O) groups excluding carboxylic acids is 1. The Bertz CT molecular complexity index is 809. The molecule has 1 saturated heterocycles. The fourth-order valence-corrected chi connectivity index (χ4v) is 4.04. The molecule has 1 amide bonds. The van der Waals surface area contributed by atoms with E-state index in [1.807, 2.05) is 55.6 Å². The van der Waals surface area contributed by atoms with Gasteiger partial charge in [-0.25, -0.2) is 0 Å². The normalized spacial score (nSPS) is 17.5. The van der Waals surface area contributed by atoms with Gasteiger partial charge in [-0.2, -0.15) is 0 Å². The number of nitrogens with zero attached hydrogens (tertiary/aromatic N) is 1. The minimum absolute atomic E-state index is 0.00696. The van der Waals surface area contributed by atoms with Crippen molar-refractivity contribution in [2.75, 3.05) is 26.8 Å². The van der Waals surface area contributed by atoms with E-state index in [1.165, 1.54) is 0 Å². The van der Waals surface area contributed by atoms with Gasteiger partial charge in [-0.15, -0.1) is 0 Å². The predicted octanol–water partition coefficient (Wildman–Crippen LogP) is 6.17. The molecule has 3 rings (SSSR count). The smallest absolute Gasteiger partial charge is 0.253 e. The summed E-state index contributed by atoms with van der Waals surface area (Å²) in [5, 5.41) is 1.06. The lowest BCUT2D eigenvalue weighted by Gasteiger charge is -2.26. The molecule has 0 radical (unpaired) electrons. The standard InChI is InChI=1S/C24H29Cl2NO3/c1-27(24(28)18-8-3-2-4-9-18)17-20(19-12-13-21(25)22(26)16-19)10-7-15-30-23-11-5-6-14-29-23/h2-4,8-9,12-13,16,20,23H,5-7,10-11,14-15,17H2,1H3. The van der Waals surface area contributed by atoms with E-state index in [1.54, 1.807) is 4.90 Å². The zero-order valence-electron chi connectivity index (χ0n) is 17.4. The van der Waals surface area contributed by atoms with E-state index in [2.05, 4.69) is 0 Å². The number of hydrogen-bond donors (Lipinski definition) is 0. The van der Waals surface area contributed by atoms with Crippen LogP contribution in [-0.2, 0) is 9.47 Å². The number of ether oxygens (including phenoxy) is 2. The van der Waals surface area contributed by atoms with Crippen LogP contribution in [0.2, 0.25) is 10.0 Å². The Morgan fingerprint density at radius 1 is 1.17 bits per heavy atom. The van der Waals surface area contributed by atoms with Crippen molar-refractivity contribution in [2.24, 2.45) is 0 Å². The first-order valence-electron chi connectivity index (χ1n) is 10.5. The van der Waals surface area contributed by atoms with Gasteiger partial charge in [0.25, 0.3) is 5.91 Å². The minimum Gasteiger partial charge on any atom is -0.353 e. The molecule has 6 heteroatoms. The van der Waals surface area contributed by atoms with Gasteiger partial charge in [-0.1, -0.05) is 47.5 Å². The van der Waals surface area contributed by atoms with E-state index >= 15 is 0 Å². The maximum absolute atomic E-state index is 12.8. The summed E-state index contributed by atoms with van der Waals surface area (Å²) in [5.41, 5.74) is 1.76. The first kappa shape index (κ1) is 23.1. The number of carbonyl (C=O) groups is 1. The lowest BCUT2D eigenvalue weighted by atomic mass is 9.93. The summed E-state index contributed by atoms with van der Waals surface area (Å²) in [5.74, 6) is 0.140. The molecule has 2 aromatic rings. The Balaban J connectivity index is 1.62. The zero-order valence-corrected chi connectivity index (χ0v) is 18.9. The third-order valence-electron chi connectivity index (χ3n) is 5.42. The third kappa shape index (κ3) is 6.71. The maximum Gasteiger partial charge on any atom is 0.253 e. The van der Waals surface area contributed by atoms with Gasteiger partial charge in [-0.05, 0) is 61.9 Å². The van der Waals surface area contributed by atoms with Crippen LogP contribution in [0.25, 0.3) is 0 Å². The Morgan fingerprint density at radius 3 is 2.67 bits per heavy atom. The number of benzene rings is 2. The fourth-order valence-electron chi connectivity index (χ4n) is 3.73. The second-order valence-electron chi connectivity index (χ2n) is 7.73. The highest BCUT2D eigenvalue weighted by Gasteiger charge is 2.20. The van der Waals surface area contributed by atoms with Gasteiger partial charge >= 0.3 is 0 Å². The molecule has 0 aliphatic carbocycles. The fraction of sp³-hybridized carbons (Fsp3) is 0.458. The molecular weight excluding hydrogens is 421 g/mol. The van der Waals surface area contributed by atoms with E-state index in [0.29, 0.717) is 28.8 Å². The number of likely N-dealkylation sites (N-methyl/N-ethyl adjacent to an activating group) is 1. The van der Waals surface area contributed by atoms with E-state index in [0.717, 1.165) is 44.3 Å². The number of amides is 1. The molecule has 1 fully saturated rings. The first-order chi connectivity index (χ1) is 14.5. The number of rotatable bonds is 9. The first-order valence-corrected chi connectivity index (χ1v) is 11.3. The molecule has 1 aliphatic rings. The summed E-state index contributed by atoms with van der Waals surface area (Å²) in [7, 11) is 1.84. The Labute approximate surface area is 189 Å². The van der Waals surface area contributed by atoms with Crippen LogP contribution in [0.1, 0.15) is 53.9 Å². The summed E-state index contributed by atoms with van der Waals surface area (Å²) in [4.78, 5) is 14.6. The highest BCUT2D eigenvalue weighted by Crippen LogP contribution is 2.30. The summed E-state index contributed by atoms with van der Waals surface area (Å²) >= 11 is 12.4. The van der Waals surface area contributed by atoms with Crippen LogP contribution in [-0.4, -0.2) is 43.9 Å². The molecule has 0 bridgehead atoms. The maximum atomic E-state index is 12.8. The van der Waals surface area contributed by atoms with E-state index < -0.39 is 0 Å². The second-order valence-corrected chi connectivity index (χ2v) is 8.55. The summed E-state index contributed by atoms with van der Waals surface area (Å²) in [6.07, 6.45) is 4.90. The SMILES string of the molecule is CN(CC(CCCOC1CCCCO1)c1ccc(Cl)c(Cl)c1)C(=O)c1ccccc1. The molecule has 2 atom stereocenters. The average molecular weight is 450 g/mol. The van der Waals surface area contributed by atoms with Crippen molar-refractivity contribution >= 4 is 29.1 Å². The molecule has 2 unspecified atom stereocenters. The summed E-state index contributed by atoms with van der Waals surface area (Å²) < 4.78 is 11.5. The van der Waals surface area contributed by atoms with Crippen molar-refractivity contribution in [3.05, 3.63) is 69.7 Å². The average Bonchev–Trinajstić information content (AvgIpc) is 2.78. The molecule has 2 aromatic carbocycles. The predicted molar refractivity (Wildman–Crippen MR) is 121 cm³/mol. The van der Waals surface area contributed by atoms with Crippen LogP contribution in [0.3, 0.4) is 0 Å². The van der Waals surface area contributed by atoms with Gasteiger partial charge < -0.3 is 14.4 Å². The molecular formula is C24H29Cl2NO3. The Kier molecular flexibility index (Phi) is 9.01. The minimum atomic E-state index is -0.0792. The molecule has 0 aromatic heterocycles. The quantitative estimate of drug-likeness (QED) is 0.429. The highest BCUT2D eigenvalue weighted by atomic mass is 35.5. The molecule has 0 spiro atoms. The van der Waals surface area contributed by atoms with E-state index in [4.69, 9.17) is 32.7 Å². The molecule has 0 N–H and O–H groups in total. The van der Waals surface area contributed by atoms with Gasteiger partial charge in [0.2, 0.25) is 0 Å². The highest BCUT2D eigenvalue weighted by molar-refractivity contribution is 6.42. The molecule has 4 nitrogen and oxygen atoms in total. The van der Waals surface area contributed by atoms with Crippen LogP contribution < -0.4 is 0 Å². The van der Waals surface area contributed by atoms with E-state index in [9.17, 15) is 4.79 Å². The van der Waals surface area contributed by atoms with Crippen molar-refractivity contribution in [1.29, 1.82) is 0 Å². The van der Waals surface area contributed by atoms with Crippen LogP contribution >= 0.6 is 23.2 Å². The van der Waals surface area contributed by atoms with E-state index in [-0.39, 0.29) is 18.1 Å². The van der Waals surface area contributed by atoms with Crippen molar-refractivity contribution < 1.29 is 14.3 Å². The van der Waals surface area contributed by atoms with Crippen molar-refractivity contribution in [2.45, 2.75) is 44.3 Å². The second kappa shape index (κ2) is 11.7. The topological polar surface area (TPSA) is 38.8 Å². The van der Waals surface area contributed by atoms with Gasteiger partial charge in [0, 0.05) is 38.3 Å². The molecule has 162 valence electrons. The van der Waals surface area contributed by atoms with Crippen molar-refractivity contribution in [3.8, 4) is 0 Å². The number of halogens is 2. The molecule has 1 aliphatic heterocycles. The summed E-state index contributed by atoms with van der Waals surface area (Å²) in [6, 6.07) is 15.1. The van der Waals surface area contributed by atoms with Crippen LogP contribution in [0.5, 0.6) is 0 Å². The van der Waals surface area contributed by atoms with Gasteiger partial charge in [0.15, 0.2) is 6.29 Å². The molecule has 30 heavy (non-hydrogen) atoms. The lowest BCUT2D eigenvalue weighted by Crippen LogP contribution is -2.31. The van der Waals surface area contributed by atoms with Gasteiger partial charge in [0.05, 0.1) is 10.0 Å². The van der Waals surface area contributed by atoms with Gasteiger partial charge in [-0.3, -0.25) is 4.79 Å². The van der Waals surface area contributed by atoms with Gasteiger partial charge in [0.1, 0.15) is 0 Å². The Morgan fingerprint density at radius 2 is 1.97 bits per heavy atom. The van der Waals surface area contributed by atoms with Crippen LogP contribution in [0, 0.1) is 0 Å². The lowest BCUT2D eigenvalue weighted by molar-refractivity contribution is -0.162. The molecule has 0 saturated carbocycles. The van der Waals surface area contributed by atoms with Crippen molar-refractivity contribution in [1.82, 2.24) is 4.90 Å². The van der Waals surface area contributed by atoms with Crippen LogP contribution in [0.15, 0.2) is 48.5 Å². The van der Waals surface area contributed by atoms with Crippen molar-refractivity contribution in [3.63, 3.8) is 0 Å².